The lowest BCUT2D eigenvalue weighted by Gasteiger charge is -2.48. The van der Waals surface area contributed by atoms with Crippen LogP contribution in [0.25, 0.3) is 0 Å². The number of ether oxygens (including phenoxy) is 4. The zero-order chi connectivity index (χ0) is 34.3. The molecule has 7 aliphatic carbocycles. The Labute approximate surface area is 290 Å². The van der Waals surface area contributed by atoms with E-state index in [1.807, 2.05) is 7.05 Å². The van der Waals surface area contributed by atoms with Crippen molar-refractivity contribution in [2.75, 3.05) is 20.3 Å². The molecule has 7 unspecified atom stereocenters. The molecule has 6 saturated carbocycles. The minimum absolute atomic E-state index is 0.00666. The Kier molecular flexibility index (Phi) is 10.9. The van der Waals surface area contributed by atoms with Crippen molar-refractivity contribution in [1.29, 1.82) is 0 Å². The Morgan fingerprint density at radius 3 is 2.23 bits per heavy atom. The van der Waals surface area contributed by atoms with Gasteiger partial charge in [-0.1, -0.05) is 55.7 Å². The van der Waals surface area contributed by atoms with Crippen molar-refractivity contribution in [3.05, 3.63) is 23.0 Å². The van der Waals surface area contributed by atoms with E-state index < -0.39 is 17.4 Å². The Morgan fingerprint density at radius 1 is 1.00 bits per heavy atom. The number of hydrazine groups is 1. The molecular weight excluding hydrogens is 606 g/mol. The van der Waals surface area contributed by atoms with E-state index >= 15 is 0 Å². The molecule has 9 heteroatoms. The largest absolute Gasteiger partial charge is 0.430 e. The van der Waals surface area contributed by atoms with Gasteiger partial charge in [-0.15, -0.1) is 0 Å². The second-order valence-corrected chi connectivity index (χ2v) is 17.9. The van der Waals surface area contributed by atoms with Gasteiger partial charge in [-0.3, -0.25) is 9.53 Å². The van der Waals surface area contributed by atoms with Crippen molar-refractivity contribution in [3.8, 4) is 0 Å². The fourth-order valence-electron chi connectivity index (χ4n) is 9.82. The van der Waals surface area contributed by atoms with Crippen LogP contribution in [0.1, 0.15) is 138 Å². The molecule has 0 heterocycles. The minimum atomic E-state index is -1.11. The fraction of sp³-hybridized carbons (Fsp3) is 0.872. The number of carbonyl (C=O) groups is 1. The number of esters is 1. The summed E-state index contributed by atoms with van der Waals surface area (Å²) in [7, 11) is 1.96. The number of hydrogen-bond acceptors (Lipinski definition) is 8. The zero-order valence-corrected chi connectivity index (χ0v) is 31.1. The van der Waals surface area contributed by atoms with Crippen molar-refractivity contribution >= 4 is 5.97 Å². The Bertz CT molecular complexity index is 1220. The van der Waals surface area contributed by atoms with E-state index in [-0.39, 0.29) is 46.0 Å². The van der Waals surface area contributed by atoms with Crippen molar-refractivity contribution < 1.29 is 33.4 Å². The highest BCUT2D eigenvalue weighted by molar-refractivity contribution is 5.81. The van der Waals surface area contributed by atoms with E-state index in [4.69, 9.17) is 18.9 Å². The monoisotopic (exact) mass is 672 g/mol. The smallest absolute Gasteiger partial charge is 0.326 e. The summed E-state index contributed by atoms with van der Waals surface area (Å²) in [6, 6.07) is 0.186. The number of aliphatic hydroxyl groups is 1. The van der Waals surface area contributed by atoms with Crippen LogP contribution in [0.3, 0.4) is 0 Å². The number of carbonyl (C=O) groups excluding carboxylic acids is 1. The summed E-state index contributed by atoms with van der Waals surface area (Å²) in [6.45, 7) is 13.6. The highest BCUT2D eigenvalue weighted by Crippen LogP contribution is 2.73. The number of aliphatic hydroxyl groups excluding tert-OH is 1. The lowest BCUT2D eigenvalue weighted by atomic mass is 9.80. The molecular formula is C39H66N3O6+. The minimum Gasteiger partial charge on any atom is -0.430 e. The first kappa shape index (κ1) is 36.5. The molecule has 0 aromatic heterocycles. The van der Waals surface area contributed by atoms with E-state index in [1.165, 1.54) is 44.1 Å². The normalized spacial score (nSPS) is 34.6. The predicted octanol–water partition coefficient (Wildman–Crippen LogP) is 6.96. The van der Waals surface area contributed by atoms with Crippen LogP contribution >= 0.6 is 0 Å². The summed E-state index contributed by atoms with van der Waals surface area (Å²) in [5.74, 6) is 1.11. The summed E-state index contributed by atoms with van der Waals surface area (Å²) in [6.07, 6.45) is 17.5. The summed E-state index contributed by atoms with van der Waals surface area (Å²) < 4.78 is 26.5. The van der Waals surface area contributed by atoms with Gasteiger partial charge in [0.05, 0.1) is 43.5 Å². The third-order valence-corrected chi connectivity index (χ3v) is 13.1. The number of nitrogens with zero attached hydrogens (tertiary/aromatic N) is 1. The second-order valence-electron chi connectivity index (χ2n) is 17.9. The van der Waals surface area contributed by atoms with Gasteiger partial charge in [0.15, 0.2) is 0 Å². The van der Waals surface area contributed by atoms with Crippen molar-refractivity contribution in [2.24, 2.45) is 23.2 Å². The van der Waals surface area contributed by atoms with Gasteiger partial charge in [0.2, 0.25) is 0 Å². The molecule has 0 aromatic rings. The lowest BCUT2D eigenvalue weighted by Crippen LogP contribution is -2.75. The van der Waals surface area contributed by atoms with Gasteiger partial charge in [-0.2, -0.15) is 4.59 Å². The molecule has 0 aromatic carbocycles. The average Bonchev–Trinajstić information content (AvgIpc) is 3.76. The third kappa shape index (κ3) is 7.21. The third-order valence-electron chi connectivity index (χ3n) is 13.1. The maximum atomic E-state index is 14.6. The maximum Gasteiger partial charge on any atom is 0.326 e. The molecule has 0 amide bonds. The summed E-state index contributed by atoms with van der Waals surface area (Å²) in [5, 5.41) is 11.7. The lowest BCUT2D eigenvalue weighted by molar-refractivity contribution is -1.06. The molecule has 4 bridgehead atoms. The van der Waals surface area contributed by atoms with Crippen molar-refractivity contribution in [1.82, 2.24) is 11.0 Å². The molecule has 7 aliphatic rings. The molecule has 0 radical (unpaired) electrons. The predicted molar refractivity (Wildman–Crippen MR) is 186 cm³/mol. The maximum absolute atomic E-state index is 14.6. The van der Waals surface area contributed by atoms with Crippen LogP contribution < -0.4 is 11.0 Å². The van der Waals surface area contributed by atoms with Crippen LogP contribution in [0.2, 0.25) is 0 Å². The fourth-order valence-corrected chi connectivity index (χ4v) is 9.82. The molecule has 272 valence electrons. The van der Waals surface area contributed by atoms with Crippen LogP contribution in [-0.4, -0.2) is 71.7 Å². The summed E-state index contributed by atoms with van der Waals surface area (Å²) in [5.41, 5.74) is 7.47. The van der Waals surface area contributed by atoms with Crippen LogP contribution in [0.4, 0.5) is 0 Å². The quantitative estimate of drug-likeness (QED) is 0.0789. The molecule has 48 heavy (non-hydrogen) atoms. The van der Waals surface area contributed by atoms with E-state index in [1.54, 1.807) is 0 Å². The number of quaternary nitrogens is 1. The summed E-state index contributed by atoms with van der Waals surface area (Å²) in [4.78, 5) is 14.6. The van der Waals surface area contributed by atoms with Crippen LogP contribution in [0.5, 0.6) is 0 Å². The Morgan fingerprint density at radius 2 is 1.65 bits per heavy atom. The number of nitrogens with one attached hydrogen (secondary N) is 2. The molecule has 7 rings (SSSR count). The van der Waals surface area contributed by atoms with Crippen LogP contribution in [0.15, 0.2) is 23.0 Å². The van der Waals surface area contributed by atoms with Crippen molar-refractivity contribution in [3.63, 3.8) is 0 Å². The molecule has 3 N–H and O–H groups in total. The first-order chi connectivity index (χ1) is 22.7. The van der Waals surface area contributed by atoms with Gasteiger partial charge in [-0.05, 0) is 111 Å². The highest BCUT2D eigenvalue weighted by atomic mass is 16.7. The van der Waals surface area contributed by atoms with Crippen LogP contribution in [0, 0.1) is 23.2 Å². The average molecular weight is 673 g/mol. The van der Waals surface area contributed by atoms with Gasteiger partial charge in [0.25, 0.3) is 0 Å². The van der Waals surface area contributed by atoms with Gasteiger partial charge in [0, 0.05) is 17.5 Å². The topological polar surface area (TPSA) is 98.3 Å². The first-order valence-corrected chi connectivity index (χ1v) is 19.4. The second kappa shape index (κ2) is 14.4. The molecule has 0 saturated heterocycles. The number of hydrogen-bond donors (Lipinski definition) is 3. The van der Waals surface area contributed by atoms with Gasteiger partial charge >= 0.3 is 12.4 Å². The van der Waals surface area contributed by atoms with Gasteiger partial charge in [-0.25, -0.2) is 5.43 Å². The SMILES string of the molecule is CC1=CC(COC2CCCCC2)=C(OC(=O)C23CC4CC2CC4(OC(O)[N+](C)(NNC(C)C)C(C)(C)C)C3)C(COC2CCCCC2)C1. The number of allylic oxidation sites excluding steroid dienone is 1. The first-order valence-electron chi connectivity index (χ1n) is 19.4. The number of rotatable bonds is 14. The molecule has 7 atom stereocenters. The zero-order valence-electron chi connectivity index (χ0n) is 31.1. The molecule has 6 fully saturated rings. The standard InChI is InChI=1S/C39H66N3O6/c1-26(2)40-41-42(7,37(4,5)6)36(44)48-39-22-30-20-31(39)21-38(30,25-39)35(43)47-34-28(23-45-32-14-10-8-11-15-32)18-27(3)19-29(34)24-46-33-16-12-9-13-17-33/h18,26,29-33,36,40-41,44H,8-17,19-25H2,1-7H3/q+1. The van der Waals surface area contributed by atoms with E-state index in [9.17, 15) is 9.90 Å². The summed E-state index contributed by atoms with van der Waals surface area (Å²) >= 11 is 0. The van der Waals surface area contributed by atoms with Crippen molar-refractivity contribution in [2.45, 2.75) is 174 Å². The van der Waals surface area contributed by atoms with E-state index in [2.05, 4.69) is 58.6 Å². The molecule has 9 nitrogen and oxygen atoms in total. The van der Waals surface area contributed by atoms with Gasteiger partial charge < -0.3 is 19.3 Å². The van der Waals surface area contributed by atoms with E-state index in [0.717, 1.165) is 62.7 Å². The molecule has 0 aliphatic heterocycles. The Hall–Kier alpha value is -1.33. The Balaban J connectivity index is 1.20. The van der Waals surface area contributed by atoms with E-state index in [0.29, 0.717) is 25.7 Å². The van der Waals surface area contributed by atoms with Gasteiger partial charge in [0.1, 0.15) is 11.3 Å². The van der Waals surface area contributed by atoms with Crippen LogP contribution in [-0.2, 0) is 23.7 Å². The highest BCUT2D eigenvalue weighted by Gasteiger charge is 2.76. The molecule has 0 spiro atoms.